The number of rotatable bonds is 2. The van der Waals surface area contributed by atoms with Gasteiger partial charge in [-0.05, 0) is 12.1 Å². The van der Waals surface area contributed by atoms with Gasteiger partial charge < -0.3 is 9.47 Å². The van der Waals surface area contributed by atoms with Crippen molar-refractivity contribution in [3.8, 4) is 17.2 Å². The first kappa shape index (κ1) is 17.1. The minimum absolute atomic E-state index is 0.340. The Morgan fingerprint density at radius 1 is 1.00 bits per heavy atom. The quantitative estimate of drug-likeness (QED) is 0.706. The maximum absolute atomic E-state index is 13.4. The zero-order valence-electron chi connectivity index (χ0n) is 11.8. The van der Waals surface area contributed by atoms with Gasteiger partial charge in [0.25, 0.3) is 5.78 Å². The van der Waals surface area contributed by atoms with E-state index in [4.69, 9.17) is 4.74 Å². The average Bonchev–Trinajstić information content (AvgIpc) is 2.68. The zero-order valence-corrected chi connectivity index (χ0v) is 11.8. The van der Waals surface area contributed by atoms with Crippen LogP contribution >= 0.6 is 0 Å². The van der Waals surface area contributed by atoms with Crippen LogP contribution in [0, 0.1) is 11.6 Å². The van der Waals surface area contributed by atoms with Crippen LogP contribution < -0.4 is 9.47 Å². The molecule has 3 rings (SSSR count). The first-order valence-corrected chi connectivity index (χ1v) is 6.49. The molecule has 10 heteroatoms. The molecule has 1 heterocycles. The van der Waals surface area contributed by atoms with E-state index in [1.807, 2.05) is 0 Å². The summed E-state index contributed by atoms with van der Waals surface area (Å²) in [6.07, 6.45) is -9.62. The van der Waals surface area contributed by atoms with Crippen molar-refractivity contribution in [2.24, 2.45) is 0 Å². The van der Waals surface area contributed by atoms with E-state index in [1.165, 1.54) is 0 Å². The van der Waals surface area contributed by atoms with Gasteiger partial charge in [-0.25, -0.2) is 8.78 Å². The second kappa shape index (κ2) is 5.36. The fourth-order valence-corrected chi connectivity index (χ4v) is 2.24. The lowest BCUT2D eigenvalue weighted by Gasteiger charge is -2.13. The largest absolute Gasteiger partial charge is 0.466 e. The summed E-state index contributed by atoms with van der Waals surface area (Å²) in [6, 6.07) is 2.79. The summed E-state index contributed by atoms with van der Waals surface area (Å²) in [7, 11) is 0. The van der Waals surface area contributed by atoms with Crippen molar-refractivity contribution in [3.63, 3.8) is 0 Å². The molecule has 1 aliphatic rings. The first-order chi connectivity index (χ1) is 11.5. The highest BCUT2D eigenvalue weighted by molar-refractivity contribution is 6.07. The molecular weight excluding hydrogens is 361 g/mol. The predicted molar refractivity (Wildman–Crippen MR) is 67.8 cm³/mol. The zero-order chi connectivity index (χ0) is 18.6. The topological polar surface area (TPSA) is 35.5 Å². The van der Waals surface area contributed by atoms with Crippen molar-refractivity contribution in [2.45, 2.75) is 12.3 Å². The molecule has 0 N–H and O–H groups in total. The molecule has 0 aliphatic carbocycles. The summed E-state index contributed by atoms with van der Waals surface area (Å²) in [5, 5.41) is 0. The van der Waals surface area contributed by atoms with E-state index in [1.54, 1.807) is 0 Å². The Hall–Kier alpha value is -2.78. The number of fused-ring (bicyclic) bond motifs is 1. The smallest absolute Gasteiger partial charge is 0.453 e. The third-order valence-corrected chi connectivity index (χ3v) is 3.21. The van der Waals surface area contributed by atoms with E-state index in [9.17, 15) is 35.5 Å². The van der Waals surface area contributed by atoms with E-state index < -0.39 is 58.1 Å². The van der Waals surface area contributed by atoms with Crippen molar-refractivity contribution in [3.05, 3.63) is 53.1 Å². The fourth-order valence-electron chi connectivity index (χ4n) is 2.24. The van der Waals surface area contributed by atoms with Crippen molar-refractivity contribution in [2.75, 3.05) is 0 Å². The second-order valence-corrected chi connectivity index (χ2v) is 4.97. The van der Waals surface area contributed by atoms with E-state index in [2.05, 4.69) is 4.74 Å². The van der Waals surface area contributed by atoms with Crippen LogP contribution in [0.5, 0.6) is 17.2 Å². The molecule has 0 fully saturated rings. The predicted octanol–water partition coefficient (Wildman–Crippen LogP) is 4.94. The van der Waals surface area contributed by atoms with Crippen LogP contribution in [0.2, 0.25) is 0 Å². The Kier molecular flexibility index (Phi) is 3.66. The molecule has 2 aromatic rings. The van der Waals surface area contributed by atoms with Gasteiger partial charge >= 0.3 is 12.3 Å². The third kappa shape index (κ3) is 2.99. The maximum Gasteiger partial charge on any atom is 0.466 e. The summed E-state index contributed by atoms with van der Waals surface area (Å²) < 4.78 is 101. The lowest BCUT2D eigenvalue weighted by atomic mass is 10.0. The molecule has 0 amide bonds. The van der Waals surface area contributed by atoms with Crippen LogP contribution in [0.25, 0.3) is 0 Å². The maximum atomic E-state index is 13.4. The van der Waals surface area contributed by atoms with Gasteiger partial charge in [-0.15, -0.1) is 0 Å². The van der Waals surface area contributed by atoms with E-state index in [0.29, 0.717) is 30.3 Å². The Bertz CT molecular complexity index is 854. The van der Waals surface area contributed by atoms with Gasteiger partial charge in [-0.3, -0.25) is 4.79 Å². The molecule has 0 spiro atoms. The summed E-state index contributed by atoms with van der Waals surface area (Å²) in [5.74, 6) is -6.73. The molecule has 1 aliphatic heterocycles. The number of ether oxygens (including phenoxy) is 2. The van der Waals surface area contributed by atoms with E-state index in [0.717, 1.165) is 0 Å². The minimum atomic E-state index is -5.10. The monoisotopic (exact) mass is 366 g/mol. The van der Waals surface area contributed by atoms with Gasteiger partial charge in [0, 0.05) is 18.2 Å². The van der Waals surface area contributed by atoms with Crippen LogP contribution in [-0.4, -0.2) is 11.9 Å². The number of Topliss-reactive ketones (excluding diaryl/α,β-unsaturated/α-hetero) is 1. The highest BCUT2D eigenvalue weighted by Gasteiger charge is 2.55. The molecule has 25 heavy (non-hydrogen) atoms. The lowest BCUT2D eigenvalue weighted by Crippen LogP contribution is -2.29. The molecule has 0 saturated heterocycles. The molecule has 0 unspecified atom stereocenters. The molecule has 2 aromatic carbocycles. The second-order valence-electron chi connectivity index (χ2n) is 4.97. The number of carbonyl (C=O) groups is 1. The molecule has 0 aromatic heterocycles. The summed E-state index contributed by atoms with van der Waals surface area (Å²) >= 11 is 0. The molecule has 0 radical (unpaired) electrons. The average molecular weight is 366 g/mol. The minimum Gasteiger partial charge on any atom is -0.453 e. The molecular formula is C15H5F7O3. The third-order valence-electron chi connectivity index (χ3n) is 3.21. The molecule has 132 valence electrons. The van der Waals surface area contributed by atoms with E-state index in [-0.39, 0.29) is 0 Å². The lowest BCUT2D eigenvalue weighted by molar-refractivity contribution is -0.137. The molecule has 3 nitrogen and oxygen atoms in total. The molecule has 0 saturated carbocycles. The van der Waals surface area contributed by atoms with E-state index >= 15 is 0 Å². The van der Waals surface area contributed by atoms with Gasteiger partial charge in [0.15, 0.2) is 11.5 Å². The van der Waals surface area contributed by atoms with Crippen LogP contribution in [0.1, 0.15) is 15.9 Å². The number of benzene rings is 2. The summed E-state index contributed by atoms with van der Waals surface area (Å²) in [5.41, 5.74) is -3.05. The highest BCUT2D eigenvalue weighted by Crippen LogP contribution is 2.49. The number of carbonyl (C=O) groups excluding carboxylic acids is 1. The standard InChI is InChI=1S/C15H5F7O3/c16-6-3-7(17)5-8(4-6)24-10-2-1-9(14(18,19)20)11-12(10)25-15(21,22)13(11)23/h1-5H. The highest BCUT2D eigenvalue weighted by atomic mass is 19.4. The van der Waals surface area contributed by atoms with Crippen molar-refractivity contribution < 1.29 is 45.0 Å². The van der Waals surface area contributed by atoms with Crippen LogP contribution in [0.3, 0.4) is 0 Å². The normalized spacial score (nSPS) is 15.7. The van der Waals surface area contributed by atoms with Crippen LogP contribution in [-0.2, 0) is 6.18 Å². The number of hydrogen-bond donors (Lipinski definition) is 0. The first-order valence-electron chi connectivity index (χ1n) is 6.49. The van der Waals surface area contributed by atoms with Crippen molar-refractivity contribution >= 4 is 5.78 Å². The fraction of sp³-hybridized carbons (Fsp3) is 0.133. The Morgan fingerprint density at radius 3 is 2.16 bits per heavy atom. The Labute approximate surface area is 134 Å². The van der Waals surface area contributed by atoms with Gasteiger partial charge in [-0.1, -0.05) is 0 Å². The number of alkyl halides is 5. The van der Waals surface area contributed by atoms with Crippen molar-refractivity contribution in [1.29, 1.82) is 0 Å². The number of ketones is 1. The van der Waals surface area contributed by atoms with Gasteiger partial charge in [0.2, 0.25) is 0 Å². The van der Waals surface area contributed by atoms with Gasteiger partial charge in [0.1, 0.15) is 17.4 Å². The summed E-state index contributed by atoms with van der Waals surface area (Å²) in [6.45, 7) is 0. The number of hydrogen-bond acceptors (Lipinski definition) is 3. The summed E-state index contributed by atoms with van der Waals surface area (Å²) in [4.78, 5) is 11.5. The Morgan fingerprint density at radius 2 is 1.60 bits per heavy atom. The molecule has 0 bridgehead atoms. The van der Waals surface area contributed by atoms with Crippen molar-refractivity contribution in [1.82, 2.24) is 0 Å². The van der Waals surface area contributed by atoms with Gasteiger partial charge in [0.05, 0.1) is 11.1 Å². The molecule has 0 atom stereocenters. The van der Waals surface area contributed by atoms with Crippen LogP contribution in [0.15, 0.2) is 30.3 Å². The SMILES string of the molecule is O=C1c2c(C(F)(F)F)ccc(Oc3cc(F)cc(F)c3)c2OC1(F)F. The van der Waals surface area contributed by atoms with Gasteiger partial charge in [-0.2, -0.15) is 22.0 Å². The Balaban J connectivity index is 2.13. The number of halogens is 7. The van der Waals surface area contributed by atoms with Crippen LogP contribution in [0.4, 0.5) is 30.7 Å².